The molecule has 1 aliphatic rings. The average Bonchev–Trinajstić information content (AvgIpc) is 2.68. The van der Waals surface area contributed by atoms with E-state index in [9.17, 15) is 13.2 Å². The highest BCUT2D eigenvalue weighted by Gasteiger charge is 2.33. The molecule has 1 N–H and O–H groups in total. The van der Waals surface area contributed by atoms with Crippen molar-refractivity contribution in [1.29, 1.82) is 0 Å². The lowest BCUT2D eigenvalue weighted by molar-refractivity contribution is -0.149. The fourth-order valence-electron chi connectivity index (χ4n) is 2.46. The Labute approximate surface area is 111 Å². The van der Waals surface area contributed by atoms with E-state index >= 15 is 0 Å². The molecular formula is C14H19F3N2. The third-order valence-electron chi connectivity index (χ3n) is 3.41. The first-order valence-electron chi connectivity index (χ1n) is 6.50. The number of alkyl halides is 3. The van der Waals surface area contributed by atoms with Gasteiger partial charge in [0.2, 0.25) is 0 Å². The molecule has 1 heterocycles. The Morgan fingerprint density at radius 1 is 1.32 bits per heavy atom. The lowest BCUT2D eigenvalue weighted by atomic mass is 10.1. The number of nitrogens with one attached hydrogen (secondary N) is 1. The molecule has 2 nitrogen and oxygen atoms in total. The minimum absolute atomic E-state index is 0.0575. The van der Waals surface area contributed by atoms with Crippen LogP contribution in [0.15, 0.2) is 24.3 Å². The first-order chi connectivity index (χ1) is 8.85. The third kappa shape index (κ3) is 3.86. The van der Waals surface area contributed by atoms with Gasteiger partial charge in [-0.2, -0.15) is 13.2 Å². The molecule has 0 spiro atoms. The van der Waals surface area contributed by atoms with Gasteiger partial charge in [-0.3, -0.25) is 4.90 Å². The highest BCUT2D eigenvalue weighted by molar-refractivity contribution is 5.56. The van der Waals surface area contributed by atoms with E-state index in [1.165, 1.54) is 10.5 Å². The second kappa shape index (κ2) is 5.41. The van der Waals surface area contributed by atoms with Gasteiger partial charge in [0.15, 0.2) is 0 Å². The van der Waals surface area contributed by atoms with Crippen molar-refractivity contribution in [3.05, 3.63) is 29.8 Å². The molecule has 0 bridgehead atoms. The summed E-state index contributed by atoms with van der Waals surface area (Å²) in [6.07, 6.45) is -3.35. The monoisotopic (exact) mass is 272 g/mol. The number of hydrogen-bond donors (Lipinski definition) is 1. The summed E-state index contributed by atoms with van der Waals surface area (Å²) in [4.78, 5) is 1.48. The molecule has 19 heavy (non-hydrogen) atoms. The molecule has 1 unspecified atom stereocenters. The van der Waals surface area contributed by atoms with Crippen LogP contribution >= 0.6 is 0 Å². The van der Waals surface area contributed by atoms with Crippen molar-refractivity contribution in [3.63, 3.8) is 0 Å². The fourth-order valence-corrected chi connectivity index (χ4v) is 2.46. The maximum atomic E-state index is 12.5. The van der Waals surface area contributed by atoms with E-state index in [2.05, 4.69) is 5.32 Å². The van der Waals surface area contributed by atoms with Crippen molar-refractivity contribution in [2.24, 2.45) is 0 Å². The summed E-state index contributed by atoms with van der Waals surface area (Å²) >= 11 is 0. The zero-order valence-electron chi connectivity index (χ0n) is 11.2. The lowest BCUT2D eigenvalue weighted by Crippen LogP contribution is -2.44. The van der Waals surface area contributed by atoms with Gasteiger partial charge in [-0.1, -0.05) is 18.2 Å². The van der Waals surface area contributed by atoms with Gasteiger partial charge in [0.1, 0.15) is 0 Å². The molecule has 1 aromatic carbocycles. The Bertz CT molecular complexity index is 404. The molecule has 0 fully saturated rings. The minimum atomic E-state index is -4.14. The first kappa shape index (κ1) is 14.2. The smallest absolute Gasteiger partial charge is 0.380 e. The molecular weight excluding hydrogens is 253 g/mol. The van der Waals surface area contributed by atoms with Crippen LogP contribution in [0.5, 0.6) is 0 Å². The van der Waals surface area contributed by atoms with Crippen LogP contribution in [0.1, 0.15) is 19.4 Å². The zero-order chi connectivity index (χ0) is 14.0. The van der Waals surface area contributed by atoms with Crippen LogP contribution in [0.2, 0.25) is 0 Å². The number of para-hydroxylation sites is 1. The highest BCUT2D eigenvalue weighted by atomic mass is 19.4. The van der Waals surface area contributed by atoms with Gasteiger partial charge in [-0.15, -0.1) is 0 Å². The standard InChI is InChI=1S/C14H19F3N2/c1-10(2)19(9-14(15,16)17)8-12-7-11-5-3-4-6-13(11)18-12/h3-6,10,12,18H,7-9H2,1-2H3. The average molecular weight is 272 g/mol. The van der Waals surface area contributed by atoms with Crippen molar-refractivity contribution in [3.8, 4) is 0 Å². The molecule has 5 heteroatoms. The maximum absolute atomic E-state index is 12.5. The number of halogens is 3. The molecule has 106 valence electrons. The first-order valence-corrected chi connectivity index (χ1v) is 6.50. The normalized spacial score (nSPS) is 18.8. The fraction of sp³-hybridized carbons (Fsp3) is 0.571. The largest absolute Gasteiger partial charge is 0.401 e. The van der Waals surface area contributed by atoms with E-state index in [0.29, 0.717) is 6.54 Å². The Kier molecular flexibility index (Phi) is 4.04. The van der Waals surface area contributed by atoms with Crippen molar-refractivity contribution in [2.75, 3.05) is 18.4 Å². The van der Waals surface area contributed by atoms with E-state index in [1.54, 1.807) is 13.8 Å². The summed E-state index contributed by atoms with van der Waals surface area (Å²) in [6, 6.07) is 7.82. The third-order valence-corrected chi connectivity index (χ3v) is 3.41. The summed E-state index contributed by atoms with van der Waals surface area (Å²) in [5.74, 6) is 0. The van der Waals surface area contributed by atoms with Crippen LogP contribution in [-0.2, 0) is 6.42 Å². The molecule has 1 aromatic rings. The molecule has 0 radical (unpaired) electrons. The predicted octanol–water partition coefficient (Wildman–Crippen LogP) is 3.30. The Morgan fingerprint density at radius 3 is 2.58 bits per heavy atom. The van der Waals surface area contributed by atoms with E-state index in [0.717, 1.165) is 12.1 Å². The molecule has 0 amide bonds. The summed E-state index contributed by atoms with van der Waals surface area (Å²) < 4.78 is 37.6. The SMILES string of the molecule is CC(C)N(CC1Cc2ccccc2N1)CC(F)(F)F. The van der Waals surface area contributed by atoms with Crippen molar-refractivity contribution >= 4 is 5.69 Å². The zero-order valence-corrected chi connectivity index (χ0v) is 11.2. The number of anilines is 1. The van der Waals surface area contributed by atoms with Gasteiger partial charge in [0.05, 0.1) is 6.54 Å². The summed E-state index contributed by atoms with van der Waals surface area (Å²) in [6.45, 7) is 3.16. The van der Waals surface area contributed by atoms with E-state index in [4.69, 9.17) is 0 Å². The van der Waals surface area contributed by atoms with Gasteiger partial charge in [-0.25, -0.2) is 0 Å². The van der Waals surface area contributed by atoms with Gasteiger partial charge >= 0.3 is 6.18 Å². The van der Waals surface area contributed by atoms with Gasteiger partial charge < -0.3 is 5.32 Å². The van der Waals surface area contributed by atoms with Crippen molar-refractivity contribution in [2.45, 2.75) is 38.5 Å². The summed E-state index contributed by atoms with van der Waals surface area (Å²) in [5.41, 5.74) is 2.23. The molecule has 1 aliphatic heterocycles. The summed E-state index contributed by atoms with van der Waals surface area (Å²) in [7, 11) is 0. The summed E-state index contributed by atoms with van der Waals surface area (Å²) in [5, 5.41) is 3.30. The van der Waals surface area contributed by atoms with Crippen LogP contribution < -0.4 is 5.32 Å². The van der Waals surface area contributed by atoms with Crippen LogP contribution in [-0.4, -0.2) is 36.2 Å². The van der Waals surface area contributed by atoms with Crippen LogP contribution in [0, 0.1) is 0 Å². The number of rotatable bonds is 4. The Balaban J connectivity index is 1.97. The molecule has 0 aliphatic carbocycles. The molecule has 0 aromatic heterocycles. The highest BCUT2D eigenvalue weighted by Crippen LogP contribution is 2.26. The second-order valence-electron chi connectivity index (χ2n) is 5.34. The minimum Gasteiger partial charge on any atom is -0.380 e. The second-order valence-corrected chi connectivity index (χ2v) is 5.34. The van der Waals surface area contributed by atoms with E-state index in [-0.39, 0.29) is 12.1 Å². The quantitative estimate of drug-likeness (QED) is 0.904. The van der Waals surface area contributed by atoms with Crippen LogP contribution in [0.3, 0.4) is 0 Å². The van der Waals surface area contributed by atoms with E-state index < -0.39 is 12.7 Å². The molecule has 0 saturated carbocycles. The Morgan fingerprint density at radius 2 is 2.00 bits per heavy atom. The van der Waals surface area contributed by atoms with Crippen molar-refractivity contribution < 1.29 is 13.2 Å². The number of nitrogens with zero attached hydrogens (tertiary/aromatic N) is 1. The van der Waals surface area contributed by atoms with Crippen LogP contribution in [0.25, 0.3) is 0 Å². The number of benzene rings is 1. The lowest BCUT2D eigenvalue weighted by Gasteiger charge is -2.30. The molecule has 1 atom stereocenters. The van der Waals surface area contributed by atoms with Gasteiger partial charge in [-0.05, 0) is 31.9 Å². The maximum Gasteiger partial charge on any atom is 0.401 e. The molecule has 2 rings (SSSR count). The number of hydrogen-bond acceptors (Lipinski definition) is 2. The van der Waals surface area contributed by atoms with Gasteiger partial charge in [0, 0.05) is 24.3 Å². The van der Waals surface area contributed by atoms with Crippen molar-refractivity contribution in [1.82, 2.24) is 4.90 Å². The number of fused-ring (bicyclic) bond motifs is 1. The topological polar surface area (TPSA) is 15.3 Å². The van der Waals surface area contributed by atoms with E-state index in [1.807, 2.05) is 24.3 Å². The van der Waals surface area contributed by atoms with Gasteiger partial charge in [0.25, 0.3) is 0 Å². The predicted molar refractivity (Wildman–Crippen MR) is 70.3 cm³/mol. The molecule has 0 saturated heterocycles. The van der Waals surface area contributed by atoms with Crippen LogP contribution in [0.4, 0.5) is 18.9 Å². The Hall–Kier alpha value is -1.23.